The first-order valence-corrected chi connectivity index (χ1v) is 7.94. The van der Waals surface area contributed by atoms with Gasteiger partial charge in [0, 0.05) is 22.2 Å². The van der Waals surface area contributed by atoms with E-state index in [4.69, 9.17) is 16.3 Å². The highest BCUT2D eigenvalue weighted by Gasteiger charge is 2.25. The van der Waals surface area contributed by atoms with Gasteiger partial charge in [0.1, 0.15) is 0 Å². The number of aryl methyl sites for hydroxylation is 1. The molecule has 122 valence electrons. The van der Waals surface area contributed by atoms with E-state index in [0.29, 0.717) is 10.6 Å². The molecule has 24 heavy (non-hydrogen) atoms. The van der Waals surface area contributed by atoms with E-state index in [0.717, 1.165) is 16.6 Å². The van der Waals surface area contributed by atoms with Crippen LogP contribution < -0.4 is 0 Å². The number of nitrogens with one attached hydrogen (secondary N) is 1. The molecule has 0 aliphatic heterocycles. The lowest BCUT2D eigenvalue weighted by Gasteiger charge is -2.13. The van der Waals surface area contributed by atoms with Crippen molar-refractivity contribution < 1.29 is 14.3 Å². The van der Waals surface area contributed by atoms with Gasteiger partial charge in [0.05, 0.1) is 10.6 Å². The van der Waals surface area contributed by atoms with Crippen LogP contribution in [0.4, 0.5) is 0 Å². The Bertz CT molecular complexity index is 929. The van der Waals surface area contributed by atoms with Crippen molar-refractivity contribution in [3.05, 3.63) is 70.4 Å². The number of carbonyl (C=O) groups excluding carboxylic acids is 2. The molecule has 0 saturated carbocycles. The highest BCUT2D eigenvalue weighted by molar-refractivity contribution is 6.33. The zero-order valence-corrected chi connectivity index (χ0v) is 14.1. The molecular weight excluding hydrogens is 326 g/mol. The molecule has 1 N–H and O–H groups in total. The second-order valence-corrected chi connectivity index (χ2v) is 5.97. The summed E-state index contributed by atoms with van der Waals surface area (Å²) in [6, 6.07) is 14.1. The Morgan fingerprint density at radius 3 is 2.50 bits per heavy atom. The Morgan fingerprint density at radius 2 is 1.75 bits per heavy atom. The van der Waals surface area contributed by atoms with Crippen LogP contribution in [0.2, 0.25) is 5.02 Å². The topological polar surface area (TPSA) is 59.2 Å². The van der Waals surface area contributed by atoms with Crippen molar-refractivity contribution >= 4 is 34.3 Å². The van der Waals surface area contributed by atoms with Gasteiger partial charge in [-0.1, -0.05) is 41.9 Å². The number of fused-ring (bicyclic) bond motifs is 1. The highest BCUT2D eigenvalue weighted by Crippen LogP contribution is 2.24. The molecule has 1 aromatic heterocycles. The molecule has 4 nitrogen and oxygen atoms in total. The fourth-order valence-corrected chi connectivity index (χ4v) is 2.91. The first-order chi connectivity index (χ1) is 11.5. The molecular formula is C19H16ClNO3. The van der Waals surface area contributed by atoms with E-state index >= 15 is 0 Å². The van der Waals surface area contributed by atoms with Gasteiger partial charge in [0.25, 0.3) is 0 Å². The van der Waals surface area contributed by atoms with E-state index < -0.39 is 12.1 Å². The Kier molecular flexibility index (Phi) is 4.40. The maximum atomic E-state index is 12.8. The SMILES string of the molecule is Cc1[nH]c2ccccc2c1C(=O)[C@@H](C)OC(=O)c1ccccc1Cl. The number of ether oxygens (including phenoxy) is 1. The standard InChI is InChI=1S/C19H16ClNO3/c1-11-17(14-8-4-6-10-16(14)21-11)18(22)12(2)24-19(23)13-7-3-5-9-15(13)20/h3-10,12,21H,1-2H3/t12-/m1/s1. The molecule has 3 aromatic rings. The Morgan fingerprint density at radius 1 is 1.08 bits per heavy atom. The smallest absolute Gasteiger partial charge is 0.340 e. The van der Waals surface area contributed by atoms with Crippen LogP contribution >= 0.6 is 11.6 Å². The van der Waals surface area contributed by atoms with E-state index in [-0.39, 0.29) is 11.3 Å². The van der Waals surface area contributed by atoms with E-state index in [1.54, 1.807) is 31.2 Å². The number of rotatable bonds is 4. The summed E-state index contributed by atoms with van der Waals surface area (Å²) in [6.45, 7) is 3.40. The molecule has 2 aromatic carbocycles. The van der Waals surface area contributed by atoms with Gasteiger partial charge >= 0.3 is 5.97 Å². The lowest BCUT2D eigenvalue weighted by molar-refractivity contribution is 0.0319. The number of halogens is 1. The quantitative estimate of drug-likeness (QED) is 0.559. The van der Waals surface area contributed by atoms with Gasteiger partial charge < -0.3 is 9.72 Å². The van der Waals surface area contributed by atoms with Crippen molar-refractivity contribution in [3.8, 4) is 0 Å². The van der Waals surface area contributed by atoms with Gasteiger partial charge in [-0.2, -0.15) is 0 Å². The van der Waals surface area contributed by atoms with Crippen LogP contribution in [-0.2, 0) is 4.74 Å². The van der Waals surface area contributed by atoms with Gasteiger partial charge in [-0.05, 0) is 32.0 Å². The monoisotopic (exact) mass is 341 g/mol. The number of hydrogen-bond acceptors (Lipinski definition) is 3. The average molecular weight is 342 g/mol. The molecule has 0 spiro atoms. The summed E-state index contributed by atoms with van der Waals surface area (Å²) in [4.78, 5) is 28.2. The van der Waals surface area contributed by atoms with Crippen LogP contribution in [0.25, 0.3) is 10.9 Å². The van der Waals surface area contributed by atoms with Crippen molar-refractivity contribution in [3.63, 3.8) is 0 Å². The van der Waals surface area contributed by atoms with Gasteiger partial charge in [-0.15, -0.1) is 0 Å². The van der Waals surface area contributed by atoms with Crippen LogP contribution in [0.3, 0.4) is 0 Å². The van der Waals surface area contributed by atoms with Gasteiger partial charge in [-0.3, -0.25) is 4.79 Å². The fraction of sp³-hybridized carbons (Fsp3) is 0.158. The second-order valence-electron chi connectivity index (χ2n) is 5.56. The summed E-state index contributed by atoms with van der Waals surface area (Å²) in [5.74, 6) is -0.857. The first-order valence-electron chi connectivity index (χ1n) is 7.56. The number of aromatic nitrogens is 1. The van der Waals surface area contributed by atoms with Crippen LogP contribution in [0, 0.1) is 6.92 Å². The molecule has 0 fully saturated rings. The van der Waals surface area contributed by atoms with Crippen LogP contribution in [0.1, 0.15) is 33.3 Å². The predicted octanol–water partition coefficient (Wildman–Crippen LogP) is 4.56. The molecule has 1 atom stereocenters. The summed E-state index contributed by atoms with van der Waals surface area (Å²) >= 11 is 5.99. The Hall–Kier alpha value is -2.59. The molecule has 0 aliphatic carbocycles. The summed E-state index contributed by atoms with van der Waals surface area (Å²) in [7, 11) is 0. The lowest BCUT2D eigenvalue weighted by Crippen LogP contribution is -2.25. The summed E-state index contributed by atoms with van der Waals surface area (Å²) in [5, 5.41) is 1.12. The Balaban J connectivity index is 1.86. The van der Waals surface area contributed by atoms with Gasteiger partial charge in [-0.25, -0.2) is 4.79 Å². The number of benzene rings is 2. The van der Waals surface area contributed by atoms with Crippen LogP contribution in [0.5, 0.6) is 0 Å². The van der Waals surface area contributed by atoms with Crippen molar-refractivity contribution in [2.24, 2.45) is 0 Å². The van der Waals surface area contributed by atoms with Crippen molar-refractivity contribution in [1.29, 1.82) is 0 Å². The van der Waals surface area contributed by atoms with Crippen LogP contribution in [0.15, 0.2) is 48.5 Å². The molecule has 5 heteroatoms. The molecule has 1 heterocycles. The molecule has 0 aliphatic rings. The van der Waals surface area contributed by atoms with Gasteiger partial charge in [0.2, 0.25) is 5.78 Å². The third-order valence-electron chi connectivity index (χ3n) is 3.89. The third-order valence-corrected chi connectivity index (χ3v) is 4.22. The van der Waals surface area contributed by atoms with E-state index in [2.05, 4.69) is 4.98 Å². The van der Waals surface area contributed by atoms with E-state index in [1.807, 2.05) is 31.2 Å². The molecule has 0 saturated heterocycles. The Labute approximate surface area is 144 Å². The van der Waals surface area contributed by atoms with Crippen molar-refractivity contribution in [2.45, 2.75) is 20.0 Å². The fourth-order valence-electron chi connectivity index (χ4n) is 2.70. The molecule has 0 unspecified atom stereocenters. The van der Waals surface area contributed by atoms with Crippen molar-refractivity contribution in [1.82, 2.24) is 4.98 Å². The van der Waals surface area contributed by atoms with Crippen LogP contribution in [-0.4, -0.2) is 22.8 Å². The predicted molar refractivity (Wildman–Crippen MR) is 93.7 cm³/mol. The number of esters is 1. The molecule has 0 bridgehead atoms. The van der Waals surface area contributed by atoms with E-state index in [1.165, 1.54) is 0 Å². The zero-order chi connectivity index (χ0) is 17.3. The largest absolute Gasteiger partial charge is 0.451 e. The summed E-state index contributed by atoms with van der Waals surface area (Å²) < 4.78 is 5.32. The number of aromatic amines is 1. The molecule has 0 radical (unpaired) electrons. The number of H-pyrrole nitrogens is 1. The summed E-state index contributed by atoms with van der Waals surface area (Å²) in [6.07, 6.45) is -0.910. The lowest BCUT2D eigenvalue weighted by atomic mass is 10.0. The molecule has 0 amide bonds. The maximum absolute atomic E-state index is 12.8. The average Bonchev–Trinajstić information content (AvgIpc) is 2.90. The number of ketones is 1. The first kappa shape index (κ1) is 16.3. The van der Waals surface area contributed by atoms with Gasteiger partial charge in [0.15, 0.2) is 6.10 Å². The number of hydrogen-bond donors (Lipinski definition) is 1. The molecule has 3 rings (SSSR count). The maximum Gasteiger partial charge on any atom is 0.340 e. The third kappa shape index (κ3) is 2.93. The number of para-hydroxylation sites is 1. The second kappa shape index (κ2) is 6.49. The minimum absolute atomic E-state index is 0.245. The minimum Gasteiger partial charge on any atom is -0.451 e. The number of carbonyl (C=O) groups is 2. The van der Waals surface area contributed by atoms with E-state index in [9.17, 15) is 9.59 Å². The normalized spacial score (nSPS) is 12.1. The van der Waals surface area contributed by atoms with Crippen molar-refractivity contribution in [2.75, 3.05) is 0 Å². The zero-order valence-electron chi connectivity index (χ0n) is 13.3. The highest BCUT2D eigenvalue weighted by atomic mass is 35.5. The minimum atomic E-state index is -0.910. The summed E-state index contributed by atoms with van der Waals surface area (Å²) in [5.41, 5.74) is 2.42. The number of Topliss-reactive ketones (excluding diaryl/α,β-unsaturated/α-hetero) is 1.